The molecule has 2 heterocycles. The first kappa shape index (κ1) is 16.0. The maximum absolute atomic E-state index is 12.1. The summed E-state index contributed by atoms with van der Waals surface area (Å²) < 4.78 is 10.6. The number of morpholine rings is 1. The van der Waals surface area contributed by atoms with Crippen LogP contribution in [0.4, 0.5) is 0 Å². The number of β-amino-alcohol motifs (C(OH)–C–C–N with tert-alkyl or cyclic N) is 1. The van der Waals surface area contributed by atoms with Crippen molar-refractivity contribution >= 4 is 5.91 Å². The molecule has 0 radical (unpaired) electrons. The van der Waals surface area contributed by atoms with E-state index in [0.29, 0.717) is 36.8 Å². The van der Waals surface area contributed by atoms with Crippen molar-refractivity contribution in [3.63, 3.8) is 0 Å². The smallest absolute Gasteiger partial charge is 0.254 e. The molecule has 1 aromatic heterocycles. The third kappa shape index (κ3) is 4.56. The fraction of sp³-hybridized carbons (Fsp3) is 0.667. The number of furan rings is 1. The van der Waals surface area contributed by atoms with Crippen LogP contribution in [0.15, 0.2) is 10.5 Å². The van der Waals surface area contributed by atoms with Gasteiger partial charge < -0.3 is 19.6 Å². The number of amides is 1. The maximum atomic E-state index is 12.1. The highest BCUT2D eigenvalue weighted by Gasteiger charge is 2.26. The predicted molar refractivity (Wildman–Crippen MR) is 78.4 cm³/mol. The summed E-state index contributed by atoms with van der Waals surface area (Å²) in [5.41, 5.74) is -0.450. The molecule has 1 saturated heterocycles. The first-order valence-corrected chi connectivity index (χ1v) is 7.25. The van der Waals surface area contributed by atoms with Gasteiger partial charge >= 0.3 is 0 Å². The first-order chi connectivity index (χ1) is 9.87. The number of hydrogen-bond acceptors (Lipinski definition) is 5. The van der Waals surface area contributed by atoms with Crippen LogP contribution in [0.5, 0.6) is 0 Å². The van der Waals surface area contributed by atoms with Crippen LogP contribution in [0.1, 0.15) is 28.8 Å². The van der Waals surface area contributed by atoms with Crippen LogP contribution in [0, 0.1) is 13.8 Å². The predicted octanol–water partition coefficient (Wildman–Crippen LogP) is 0.709. The molecular weight excluding hydrogens is 272 g/mol. The second-order valence-electron chi connectivity index (χ2n) is 5.90. The molecule has 2 N–H and O–H groups in total. The van der Waals surface area contributed by atoms with Crippen molar-refractivity contribution in [1.82, 2.24) is 10.2 Å². The van der Waals surface area contributed by atoms with Crippen molar-refractivity contribution in [2.75, 3.05) is 39.4 Å². The lowest BCUT2D eigenvalue weighted by Crippen LogP contribution is -2.51. The van der Waals surface area contributed by atoms with Crippen LogP contribution in [-0.2, 0) is 4.74 Å². The second kappa shape index (κ2) is 6.60. The molecule has 6 nitrogen and oxygen atoms in total. The van der Waals surface area contributed by atoms with Crippen LogP contribution < -0.4 is 5.32 Å². The molecule has 1 amide bonds. The van der Waals surface area contributed by atoms with E-state index in [9.17, 15) is 9.90 Å². The number of aliphatic hydroxyl groups is 1. The zero-order valence-electron chi connectivity index (χ0n) is 12.9. The number of nitrogens with one attached hydrogen (secondary N) is 1. The van der Waals surface area contributed by atoms with Gasteiger partial charge in [-0.05, 0) is 26.8 Å². The van der Waals surface area contributed by atoms with E-state index in [0.717, 1.165) is 13.1 Å². The lowest BCUT2D eigenvalue weighted by atomic mass is 10.1. The van der Waals surface area contributed by atoms with E-state index in [-0.39, 0.29) is 12.5 Å². The molecule has 2 rings (SSSR count). The second-order valence-corrected chi connectivity index (χ2v) is 5.90. The minimum atomic E-state index is -0.973. The Balaban J connectivity index is 1.85. The number of rotatable bonds is 5. The van der Waals surface area contributed by atoms with Gasteiger partial charge in [0.05, 0.1) is 24.4 Å². The largest absolute Gasteiger partial charge is 0.466 e. The van der Waals surface area contributed by atoms with Gasteiger partial charge in [-0.2, -0.15) is 0 Å². The molecule has 1 aliphatic rings. The van der Waals surface area contributed by atoms with E-state index in [2.05, 4.69) is 10.2 Å². The minimum absolute atomic E-state index is 0.201. The molecule has 1 unspecified atom stereocenters. The highest BCUT2D eigenvalue weighted by molar-refractivity contribution is 5.95. The summed E-state index contributed by atoms with van der Waals surface area (Å²) >= 11 is 0. The van der Waals surface area contributed by atoms with Crippen molar-refractivity contribution in [3.05, 3.63) is 23.2 Å². The minimum Gasteiger partial charge on any atom is -0.466 e. The summed E-state index contributed by atoms with van der Waals surface area (Å²) in [6.07, 6.45) is 0. The normalized spacial score (nSPS) is 19.2. The van der Waals surface area contributed by atoms with Crippen LogP contribution in [0.2, 0.25) is 0 Å². The van der Waals surface area contributed by atoms with E-state index in [1.807, 2.05) is 0 Å². The zero-order chi connectivity index (χ0) is 15.5. The van der Waals surface area contributed by atoms with Crippen LogP contribution >= 0.6 is 0 Å². The van der Waals surface area contributed by atoms with Crippen LogP contribution in [0.25, 0.3) is 0 Å². The summed E-state index contributed by atoms with van der Waals surface area (Å²) in [5.74, 6) is 1.09. The Morgan fingerprint density at radius 1 is 1.43 bits per heavy atom. The van der Waals surface area contributed by atoms with Gasteiger partial charge in [-0.3, -0.25) is 9.69 Å². The molecule has 1 atom stereocenters. The van der Waals surface area contributed by atoms with E-state index < -0.39 is 5.60 Å². The number of ether oxygens (including phenoxy) is 1. The Hall–Kier alpha value is -1.37. The maximum Gasteiger partial charge on any atom is 0.254 e. The Labute approximate surface area is 125 Å². The Bertz CT molecular complexity index is 490. The van der Waals surface area contributed by atoms with Crippen molar-refractivity contribution in [2.45, 2.75) is 26.4 Å². The molecule has 0 aliphatic carbocycles. The van der Waals surface area contributed by atoms with Crippen LogP contribution in [0.3, 0.4) is 0 Å². The van der Waals surface area contributed by atoms with Gasteiger partial charge in [-0.25, -0.2) is 0 Å². The van der Waals surface area contributed by atoms with Gasteiger partial charge in [-0.1, -0.05) is 0 Å². The summed E-state index contributed by atoms with van der Waals surface area (Å²) in [5, 5.41) is 13.2. The van der Waals surface area contributed by atoms with E-state index in [4.69, 9.17) is 9.15 Å². The molecular formula is C15H24N2O4. The van der Waals surface area contributed by atoms with Crippen molar-refractivity contribution < 1.29 is 19.1 Å². The van der Waals surface area contributed by atoms with Gasteiger partial charge in [0.25, 0.3) is 5.91 Å². The number of nitrogens with zero attached hydrogens (tertiary/aromatic N) is 1. The molecule has 0 spiro atoms. The fourth-order valence-corrected chi connectivity index (χ4v) is 2.52. The average molecular weight is 296 g/mol. The van der Waals surface area contributed by atoms with Gasteiger partial charge in [0.15, 0.2) is 0 Å². The monoisotopic (exact) mass is 296 g/mol. The lowest BCUT2D eigenvalue weighted by molar-refractivity contribution is -0.0213. The number of hydrogen-bond donors (Lipinski definition) is 2. The summed E-state index contributed by atoms with van der Waals surface area (Å²) in [7, 11) is 0. The molecule has 21 heavy (non-hydrogen) atoms. The quantitative estimate of drug-likeness (QED) is 0.837. The Morgan fingerprint density at radius 2 is 2.10 bits per heavy atom. The number of carbonyl (C=O) groups excluding carboxylic acids is 1. The molecule has 6 heteroatoms. The summed E-state index contributed by atoms with van der Waals surface area (Å²) in [6, 6.07) is 1.71. The molecule has 1 aliphatic heterocycles. The fourth-order valence-electron chi connectivity index (χ4n) is 2.52. The molecule has 1 aromatic rings. The van der Waals surface area contributed by atoms with E-state index >= 15 is 0 Å². The van der Waals surface area contributed by atoms with E-state index in [1.54, 1.807) is 26.8 Å². The molecule has 118 valence electrons. The zero-order valence-corrected chi connectivity index (χ0v) is 12.9. The Morgan fingerprint density at radius 3 is 2.67 bits per heavy atom. The Kier molecular flexibility index (Phi) is 5.03. The lowest BCUT2D eigenvalue weighted by Gasteiger charge is -2.33. The van der Waals surface area contributed by atoms with Gasteiger partial charge in [-0.15, -0.1) is 0 Å². The SMILES string of the molecule is Cc1cc(C(=O)NCC(C)(O)CN2CCOCC2)c(C)o1. The van der Waals surface area contributed by atoms with Gasteiger partial charge in [0.1, 0.15) is 11.5 Å². The van der Waals surface area contributed by atoms with Crippen LogP contribution in [-0.4, -0.2) is 60.9 Å². The van der Waals surface area contributed by atoms with E-state index in [1.165, 1.54) is 0 Å². The highest BCUT2D eigenvalue weighted by Crippen LogP contribution is 2.14. The average Bonchev–Trinajstić information content (AvgIpc) is 2.76. The summed E-state index contributed by atoms with van der Waals surface area (Å²) in [4.78, 5) is 14.2. The van der Waals surface area contributed by atoms with Gasteiger partial charge in [0, 0.05) is 26.2 Å². The van der Waals surface area contributed by atoms with Crippen molar-refractivity contribution in [2.24, 2.45) is 0 Å². The third-order valence-corrected chi connectivity index (χ3v) is 3.58. The molecule has 0 bridgehead atoms. The molecule has 1 fully saturated rings. The third-order valence-electron chi connectivity index (χ3n) is 3.58. The highest BCUT2D eigenvalue weighted by atomic mass is 16.5. The topological polar surface area (TPSA) is 74.9 Å². The number of aryl methyl sites for hydroxylation is 2. The number of carbonyl (C=O) groups is 1. The molecule has 0 aromatic carbocycles. The molecule has 0 saturated carbocycles. The first-order valence-electron chi connectivity index (χ1n) is 7.25. The van der Waals surface area contributed by atoms with Crippen molar-refractivity contribution in [1.29, 1.82) is 0 Å². The standard InChI is InChI=1S/C15H24N2O4/c1-11-8-13(12(2)21-11)14(18)16-9-15(3,19)10-17-4-6-20-7-5-17/h8,19H,4-7,9-10H2,1-3H3,(H,16,18). The van der Waals surface area contributed by atoms with Gasteiger partial charge in [0.2, 0.25) is 0 Å². The summed E-state index contributed by atoms with van der Waals surface area (Å²) in [6.45, 7) is 9.01. The van der Waals surface area contributed by atoms with Crippen molar-refractivity contribution in [3.8, 4) is 0 Å².